The van der Waals surface area contributed by atoms with E-state index in [2.05, 4.69) is 26.5 Å². The maximum atomic E-state index is 12.2. The van der Waals surface area contributed by atoms with Crippen molar-refractivity contribution in [1.82, 2.24) is 19.6 Å². The van der Waals surface area contributed by atoms with Crippen molar-refractivity contribution in [1.29, 1.82) is 0 Å². The number of H-pyrrole nitrogens is 2. The Balaban J connectivity index is 1.63. The van der Waals surface area contributed by atoms with Crippen LogP contribution in [-0.4, -0.2) is 32.6 Å². The predicted molar refractivity (Wildman–Crippen MR) is 125 cm³/mol. The van der Waals surface area contributed by atoms with E-state index in [1.165, 1.54) is 7.11 Å². The van der Waals surface area contributed by atoms with Gasteiger partial charge in [0, 0.05) is 29.1 Å². The molecule has 2 heterocycles. The van der Waals surface area contributed by atoms with Crippen LogP contribution in [0.2, 0.25) is 0 Å². The molecule has 0 radical (unpaired) electrons. The molecule has 0 spiro atoms. The first-order valence-electron chi connectivity index (χ1n) is 10.5. The monoisotopic (exact) mass is 448 g/mol. The summed E-state index contributed by atoms with van der Waals surface area (Å²) in [4.78, 5) is 27.5. The van der Waals surface area contributed by atoms with E-state index < -0.39 is 5.97 Å². The summed E-state index contributed by atoms with van der Waals surface area (Å²) in [5, 5.41) is 7.23. The van der Waals surface area contributed by atoms with E-state index in [0.29, 0.717) is 17.9 Å². The Labute approximate surface area is 189 Å². The summed E-state index contributed by atoms with van der Waals surface area (Å²) < 4.78 is 7.91. The number of methoxy groups -OCH3 is 1. The van der Waals surface area contributed by atoms with Crippen LogP contribution >= 0.6 is 11.5 Å². The van der Waals surface area contributed by atoms with E-state index in [9.17, 15) is 9.59 Å². The van der Waals surface area contributed by atoms with Gasteiger partial charge in [0.25, 0.3) is 0 Å². The highest BCUT2D eigenvalue weighted by Gasteiger charge is 2.20. The van der Waals surface area contributed by atoms with Crippen LogP contribution in [0.3, 0.4) is 0 Å². The van der Waals surface area contributed by atoms with Gasteiger partial charge in [-0.15, -0.1) is 0 Å². The molecule has 4 rings (SSSR count). The fourth-order valence-electron chi connectivity index (χ4n) is 3.71. The van der Waals surface area contributed by atoms with Gasteiger partial charge in [-0.2, -0.15) is 10.1 Å². The van der Waals surface area contributed by atoms with Crippen molar-refractivity contribution < 1.29 is 9.53 Å². The number of hydrogen-bond donors (Lipinski definition) is 2. The second-order valence-corrected chi connectivity index (χ2v) is 8.23. The lowest BCUT2D eigenvalue weighted by molar-refractivity contribution is 0.0593. The van der Waals surface area contributed by atoms with Crippen LogP contribution in [0.15, 0.2) is 53.3 Å². The maximum Gasteiger partial charge on any atom is 0.356 e. The third-order valence-corrected chi connectivity index (χ3v) is 5.94. The second kappa shape index (κ2) is 9.74. The normalized spacial score (nSPS) is 10.9. The fourth-order valence-corrected chi connectivity index (χ4v) is 4.18. The molecule has 0 saturated carbocycles. The molecule has 32 heavy (non-hydrogen) atoms. The van der Waals surface area contributed by atoms with Crippen LogP contribution in [0, 0.1) is 0 Å². The van der Waals surface area contributed by atoms with Gasteiger partial charge in [0.1, 0.15) is 5.69 Å². The minimum Gasteiger partial charge on any atom is -0.464 e. The SMILES string of the molecule is CCCCc1n[nH]c(C(=O)OC)c1Cc1ccc(-c2ccccc2-c2nc(=O)s[nH]2)cc1. The number of aryl methyl sites for hydroxylation is 1. The number of carbonyl (C=O) groups excluding carboxylic acids is 1. The van der Waals surface area contributed by atoms with Gasteiger partial charge < -0.3 is 4.74 Å². The Bertz CT molecular complexity index is 1270. The molecule has 0 atom stereocenters. The second-order valence-electron chi connectivity index (χ2n) is 7.47. The molecule has 8 heteroatoms. The third kappa shape index (κ3) is 4.55. The van der Waals surface area contributed by atoms with Crippen molar-refractivity contribution in [3.05, 3.63) is 80.7 Å². The molecule has 0 bridgehead atoms. The van der Waals surface area contributed by atoms with Crippen LogP contribution in [0.25, 0.3) is 22.5 Å². The minimum atomic E-state index is -0.405. The van der Waals surface area contributed by atoms with Crippen molar-refractivity contribution >= 4 is 17.5 Å². The Morgan fingerprint density at radius 2 is 1.84 bits per heavy atom. The first kappa shape index (κ1) is 21.7. The number of unbranched alkanes of at least 4 members (excludes halogenated alkanes) is 1. The number of esters is 1. The Hall–Kier alpha value is -3.52. The lowest BCUT2D eigenvalue weighted by Gasteiger charge is -2.09. The van der Waals surface area contributed by atoms with Gasteiger partial charge in [-0.1, -0.05) is 61.9 Å². The van der Waals surface area contributed by atoms with Crippen LogP contribution in [0.1, 0.15) is 47.1 Å². The standard InChI is InChI=1S/C24H24N4O3S/c1-3-4-9-20-19(21(27-26-20)23(29)31-2)14-15-10-12-16(13-11-15)17-7-5-6-8-18(17)22-25-24(30)32-28-22/h5-8,10-13H,3-4,9,14H2,1-2H3,(H,26,27)(H,25,28,30). The lowest BCUT2D eigenvalue weighted by Crippen LogP contribution is -2.06. The van der Waals surface area contributed by atoms with E-state index in [1.54, 1.807) is 0 Å². The maximum absolute atomic E-state index is 12.2. The van der Waals surface area contributed by atoms with Crippen LogP contribution in [-0.2, 0) is 17.6 Å². The Morgan fingerprint density at radius 3 is 2.50 bits per heavy atom. The van der Waals surface area contributed by atoms with Gasteiger partial charge in [0.05, 0.1) is 12.8 Å². The summed E-state index contributed by atoms with van der Waals surface area (Å²) in [5.74, 6) is 0.166. The number of carbonyl (C=O) groups is 1. The highest BCUT2D eigenvalue weighted by Crippen LogP contribution is 2.30. The lowest BCUT2D eigenvalue weighted by atomic mass is 9.95. The molecule has 164 valence electrons. The zero-order valence-corrected chi connectivity index (χ0v) is 18.8. The number of hydrogen-bond acceptors (Lipinski definition) is 6. The van der Waals surface area contributed by atoms with Crippen molar-refractivity contribution in [3.63, 3.8) is 0 Å². The zero-order valence-electron chi connectivity index (χ0n) is 18.0. The fraction of sp³-hybridized carbons (Fsp3) is 0.250. The molecule has 4 aromatic rings. The molecule has 0 saturated heterocycles. The molecule has 0 aliphatic carbocycles. The van der Waals surface area contributed by atoms with E-state index in [1.807, 2.05) is 48.5 Å². The number of rotatable bonds is 8. The number of ether oxygens (including phenoxy) is 1. The van der Waals surface area contributed by atoms with Crippen LogP contribution in [0.4, 0.5) is 0 Å². The molecular weight excluding hydrogens is 424 g/mol. The summed E-state index contributed by atoms with van der Waals surface area (Å²) >= 11 is 0.982. The molecule has 0 amide bonds. The molecule has 0 aliphatic heterocycles. The van der Waals surface area contributed by atoms with Crippen molar-refractivity contribution in [2.45, 2.75) is 32.6 Å². The minimum absolute atomic E-state index is 0.245. The van der Waals surface area contributed by atoms with Crippen molar-refractivity contribution in [2.75, 3.05) is 7.11 Å². The summed E-state index contributed by atoms with van der Waals surface area (Å²) in [6, 6.07) is 16.0. The van der Waals surface area contributed by atoms with Gasteiger partial charge in [0.2, 0.25) is 0 Å². The number of aromatic nitrogens is 4. The quantitative estimate of drug-likeness (QED) is 0.384. The van der Waals surface area contributed by atoms with E-state index in [0.717, 1.165) is 64.3 Å². The molecule has 2 aromatic heterocycles. The molecule has 7 nitrogen and oxygen atoms in total. The van der Waals surface area contributed by atoms with E-state index >= 15 is 0 Å². The number of aromatic amines is 2. The molecule has 0 unspecified atom stereocenters. The first-order valence-corrected chi connectivity index (χ1v) is 11.3. The molecule has 2 aromatic carbocycles. The van der Waals surface area contributed by atoms with Gasteiger partial charge in [0.15, 0.2) is 5.82 Å². The average Bonchev–Trinajstić information content (AvgIpc) is 3.44. The van der Waals surface area contributed by atoms with Gasteiger partial charge in [-0.25, -0.2) is 4.79 Å². The zero-order chi connectivity index (χ0) is 22.5. The number of benzene rings is 2. The molecule has 2 N–H and O–H groups in total. The smallest absolute Gasteiger partial charge is 0.356 e. The first-order chi connectivity index (χ1) is 15.6. The van der Waals surface area contributed by atoms with Gasteiger partial charge >= 0.3 is 10.8 Å². The highest BCUT2D eigenvalue weighted by atomic mass is 32.1. The summed E-state index contributed by atoms with van der Waals surface area (Å²) in [5.41, 5.74) is 6.17. The Morgan fingerprint density at radius 1 is 1.09 bits per heavy atom. The van der Waals surface area contributed by atoms with Gasteiger partial charge in [-0.3, -0.25) is 14.3 Å². The summed E-state index contributed by atoms with van der Waals surface area (Å²) in [6.45, 7) is 2.13. The van der Waals surface area contributed by atoms with Crippen LogP contribution < -0.4 is 4.87 Å². The average molecular weight is 449 g/mol. The van der Waals surface area contributed by atoms with Crippen molar-refractivity contribution in [3.8, 4) is 22.5 Å². The molecular formula is C24H24N4O3S. The highest BCUT2D eigenvalue weighted by molar-refractivity contribution is 7.03. The van der Waals surface area contributed by atoms with Crippen molar-refractivity contribution in [2.24, 2.45) is 0 Å². The largest absolute Gasteiger partial charge is 0.464 e. The number of nitrogens with zero attached hydrogens (tertiary/aromatic N) is 2. The van der Waals surface area contributed by atoms with E-state index in [4.69, 9.17) is 4.74 Å². The summed E-state index contributed by atoms with van der Waals surface area (Å²) in [7, 11) is 1.38. The summed E-state index contributed by atoms with van der Waals surface area (Å²) in [6.07, 6.45) is 3.46. The van der Waals surface area contributed by atoms with E-state index in [-0.39, 0.29) is 4.87 Å². The predicted octanol–water partition coefficient (Wildman–Crippen LogP) is 4.61. The topological polar surface area (TPSA) is 101 Å². The molecule has 0 aliphatic rings. The Kier molecular flexibility index (Phi) is 6.61. The third-order valence-electron chi connectivity index (χ3n) is 5.38. The number of nitrogens with one attached hydrogen (secondary N) is 2. The van der Waals surface area contributed by atoms with Crippen LogP contribution in [0.5, 0.6) is 0 Å². The molecule has 0 fully saturated rings. The van der Waals surface area contributed by atoms with Gasteiger partial charge in [-0.05, 0) is 29.5 Å².